The predicted molar refractivity (Wildman–Crippen MR) is 34.2 cm³/mol. The fourth-order valence-corrected chi connectivity index (χ4v) is 0.281. The van der Waals surface area contributed by atoms with Crippen LogP contribution in [0.15, 0.2) is 36.7 Å². The summed E-state index contributed by atoms with van der Waals surface area (Å²) in [6, 6.07) is 0. The van der Waals surface area contributed by atoms with E-state index in [4.69, 9.17) is 0 Å². The lowest BCUT2D eigenvalue weighted by molar-refractivity contribution is 0.721. The Morgan fingerprint density at radius 1 is 1.00 bits per heavy atom. The van der Waals surface area contributed by atoms with Gasteiger partial charge in [-0.15, -0.1) is 0 Å². The normalized spacial score (nSPS) is 12.8. The van der Waals surface area contributed by atoms with Gasteiger partial charge in [0.15, 0.2) is 0 Å². The molecule has 0 rings (SSSR count). The van der Waals surface area contributed by atoms with Crippen molar-refractivity contribution in [3.05, 3.63) is 36.7 Å². The summed E-state index contributed by atoms with van der Waals surface area (Å²) >= 11 is 0. The fourth-order valence-electron chi connectivity index (χ4n) is 0.281. The van der Waals surface area contributed by atoms with Crippen LogP contribution in [0, 0.1) is 0 Å². The number of hydrogen-bond donors (Lipinski definition) is 0. The van der Waals surface area contributed by atoms with Gasteiger partial charge in [0.05, 0.1) is 6.33 Å². The zero-order valence-electron chi connectivity index (χ0n) is 4.84. The van der Waals surface area contributed by atoms with Crippen molar-refractivity contribution in [1.29, 1.82) is 0 Å². The van der Waals surface area contributed by atoms with Crippen LogP contribution < -0.4 is 0 Å². The van der Waals surface area contributed by atoms with Gasteiger partial charge in [-0.25, -0.2) is 4.39 Å². The first kappa shape index (κ1) is 7.15. The van der Waals surface area contributed by atoms with Crippen molar-refractivity contribution in [1.82, 2.24) is 0 Å². The highest BCUT2D eigenvalue weighted by Gasteiger charge is 1.57. The van der Waals surface area contributed by atoms with Crippen LogP contribution in [0.3, 0.4) is 0 Å². The molecule has 0 bridgehead atoms. The summed E-state index contributed by atoms with van der Waals surface area (Å²) in [5.41, 5.74) is 0. The molecule has 0 unspecified atom stereocenters. The summed E-state index contributed by atoms with van der Waals surface area (Å²) in [6.45, 7) is 1.91. The maximum atomic E-state index is 11.2. The van der Waals surface area contributed by atoms with E-state index in [2.05, 4.69) is 0 Å². The molecule has 0 aliphatic heterocycles. The van der Waals surface area contributed by atoms with Crippen LogP contribution in [0.4, 0.5) is 4.39 Å². The Balaban J connectivity index is 3.35. The van der Waals surface area contributed by atoms with E-state index in [0.29, 0.717) is 6.33 Å². The number of halogens is 1. The van der Waals surface area contributed by atoms with Gasteiger partial charge >= 0.3 is 0 Å². The van der Waals surface area contributed by atoms with Gasteiger partial charge < -0.3 is 0 Å². The maximum Gasteiger partial charge on any atom is 0.0866 e. The fraction of sp³-hybridized carbons (Fsp3) is 0.143. The molecule has 0 aromatic rings. The van der Waals surface area contributed by atoms with E-state index in [1.165, 1.54) is 6.08 Å². The minimum atomic E-state index is 0.500. The summed E-state index contributed by atoms with van der Waals surface area (Å²) in [5, 5.41) is 0. The largest absolute Gasteiger partial charge is 0.216 e. The smallest absolute Gasteiger partial charge is 0.0866 e. The molecule has 0 spiro atoms. The predicted octanol–water partition coefficient (Wildman–Crippen LogP) is 2.60. The molecule has 0 fully saturated rings. The number of rotatable bonds is 2. The van der Waals surface area contributed by atoms with Crippen molar-refractivity contribution in [2.45, 2.75) is 6.92 Å². The van der Waals surface area contributed by atoms with E-state index in [0.717, 1.165) is 0 Å². The van der Waals surface area contributed by atoms with Crippen LogP contribution >= 0.6 is 0 Å². The number of hydrogen-bond acceptors (Lipinski definition) is 0. The van der Waals surface area contributed by atoms with Crippen molar-refractivity contribution in [3.8, 4) is 0 Å². The van der Waals surface area contributed by atoms with Gasteiger partial charge in [-0.05, 0) is 13.0 Å². The molecule has 0 saturated carbocycles. The summed E-state index contributed by atoms with van der Waals surface area (Å²) in [5.74, 6) is 0. The SMILES string of the molecule is CC=CC=CC=CF. The summed E-state index contributed by atoms with van der Waals surface area (Å²) in [4.78, 5) is 0. The van der Waals surface area contributed by atoms with Crippen molar-refractivity contribution in [3.63, 3.8) is 0 Å². The van der Waals surface area contributed by atoms with Crippen molar-refractivity contribution >= 4 is 0 Å². The second-order valence-electron chi connectivity index (χ2n) is 1.23. The molecule has 0 aliphatic rings. The van der Waals surface area contributed by atoms with E-state index >= 15 is 0 Å². The minimum absolute atomic E-state index is 0.500. The average Bonchev–Trinajstić information content (AvgIpc) is 1.81. The lowest BCUT2D eigenvalue weighted by Gasteiger charge is -1.66. The Labute approximate surface area is 49.0 Å². The molecule has 0 atom stereocenters. The molecule has 0 saturated heterocycles. The van der Waals surface area contributed by atoms with Crippen molar-refractivity contribution in [2.75, 3.05) is 0 Å². The van der Waals surface area contributed by atoms with Gasteiger partial charge in [0.1, 0.15) is 0 Å². The third-order valence-electron chi connectivity index (χ3n) is 0.599. The second-order valence-corrected chi connectivity index (χ2v) is 1.23. The standard InChI is InChI=1S/C7H9F/c1-2-3-4-5-6-7-8/h2-7H,1H3. The first-order chi connectivity index (χ1) is 3.91. The highest BCUT2D eigenvalue weighted by molar-refractivity contribution is 5.08. The topological polar surface area (TPSA) is 0 Å². The van der Waals surface area contributed by atoms with E-state index < -0.39 is 0 Å². The highest BCUT2D eigenvalue weighted by Crippen LogP contribution is 1.78. The van der Waals surface area contributed by atoms with Gasteiger partial charge in [-0.2, -0.15) is 0 Å². The van der Waals surface area contributed by atoms with Gasteiger partial charge in [0, 0.05) is 0 Å². The zero-order valence-corrected chi connectivity index (χ0v) is 4.84. The molecule has 0 aromatic heterocycles. The van der Waals surface area contributed by atoms with E-state index in [9.17, 15) is 4.39 Å². The molecule has 1 heteroatoms. The van der Waals surface area contributed by atoms with Crippen LogP contribution in [-0.4, -0.2) is 0 Å². The Morgan fingerprint density at radius 3 is 2.12 bits per heavy atom. The van der Waals surface area contributed by atoms with Gasteiger partial charge in [-0.3, -0.25) is 0 Å². The molecule has 0 heterocycles. The first-order valence-electron chi connectivity index (χ1n) is 2.46. The van der Waals surface area contributed by atoms with E-state index in [-0.39, 0.29) is 0 Å². The third-order valence-corrected chi connectivity index (χ3v) is 0.599. The molecule has 0 radical (unpaired) electrons. The lowest BCUT2D eigenvalue weighted by Crippen LogP contribution is -1.45. The second kappa shape index (κ2) is 6.15. The summed E-state index contributed by atoms with van der Waals surface area (Å²) < 4.78 is 11.2. The molecule has 44 valence electrons. The van der Waals surface area contributed by atoms with Crippen molar-refractivity contribution < 1.29 is 4.39 Å². The Bertz CT molecular complexity index is 95.6. The Morgan fingerprint density at radius 2 is 1.62 bits per heavy atom. The van der Waals surface area contributed by atoms with Crippen LogP contribution in [0.1, 0.15) is 6.92 Å². The summed E-state index contributed by atoms with van der Waals surface area (Å²) in [6.07, 6.45) is 8.93. The van der Waals surface area contributed by atoms with Crippen LogP contribution in [0.2, 0.25) is 0 Å². The van der Waals surface area contributed by atoms with Gasteiger partial charge in [-0.1, -0.05) is 24.3 Å². The average molecular weight is 112 g/mol. The molecular weight excluding hydrogens is 103 g/mol. The third kappa shape index (κ3) is 5.15. The van der Waals surface area contributed by atoms with Crippen LogP contribution in [-0.2, 0) is 0 Å². The Kier molecular flexibility index (Phi) is 5.50. The van der Waals surface area contributed by atoms with Crippen molar-refractivity contribution in [2.24, 2.45) is 0 Å². The maximum absolute atomic E-state index is 11.2. The molecule has 0 aliphatic carbocycles. The highest BCUT2D eigenvalue weighted by atomic mass is 19.1. The molecule has 0 aromatic carbocycles. The summed E-state index contributed by atoms with van der Waals surface area (Å²) in [7, 11) is 0. The van der Waals surface area contributed by atoms with Gasteiger partial charge in [0.25, 0.3) is 0 Å². The van der Waals surface area contributed by atoms with Crippen LogP contribution in [0.25, 0.3) is 0 Å². The lowest BCUT2D eigenvalue weighted by atomic mass is 10.4. The van der Waals surface area contributed by atoms with E-state index in [1.807, 2.05) is 19.1 Å². The molecule has 0 nitrogen and oxygen atoms in total. The molecule has 0 amide bonds. The van der Waals surface area contributed by atoms with Gasteiger partial charge in [0.2, 0.25) is 0 Å². The number of allylic oxidation sites excluding steroid dienone is 5. The zero-order chi connectivity index (χ0) is 6.24. The quantitative estimate of drug-likeness (QED) is 0.481. The monoisotopic (exact) mass is 112 g/mol. The van der Waals surface area contributed by atoms with E-state index in [1.54, 1.807) is 12.2 Å². The Hall–Kier alpha value is -0.850. The molecule has 8 heavy (non-hydrogen) atoms. The minimum Gasteiger partial charge on any atom is -0.216 e. The molecular formula is C7H9F. The molecule has 0 N–H and O–H groups in total. The first-order valence-corrected chi connectivity index (χ1v) is 2.46. The van der Waals surface area contributed by atoms with Crippen LogP contribution in [0.5, 0.6) is 0 Å².